The third kappa shape index (κ3) is 4.84. The minimum Gasteiger partial charge on any atom is -0.476 e. The zero-order valence-corrected chi connectivity index (χ0v) is 16.0. The molecule has 1 N–H and O–H groups in total. The van der Waals surface area contributed by atoms with Gasteiger partial charge in [0.2, 0.25) is 0 Å². The lowest BCUT2D eigenvalue weighted by atomic mass is 10.1. The largest absolute Gasteiger partial charge is 0.476 e. The van der Waals surface area contributed by atoms with E-state index in [1.54, 1.807) is 24.3 Å². The maximum absolute atomic E-state index is 12.9. The molecule has 3 rings (SSSR count). The molecule has 0 atom stereocenters. The van der Waals surface area contributed by atoms with Crippen molar-refractivity contribution in [2.45, 2.75) is 0 Å². The second kappa shape index (κ2) is 8.96. The Morgan fingerprint density at radius 1 is 1.19 bits per heavy atom. The summed E-state index contributed by atoms with van der Waals surface area (Å²) in [4.78, 5) is 36.2. The van der Waals surface area contributed by atoms with Gasteiger partial charge in [-0.25, -0.2) is 9.78 Å². The van der Waals surface area contributed by atoms with Gasteiger partial charge in [0.25, 0.3) is 5.91 Å². The zero-order chi connectivity index (χ0) is 19.2. The van der Waals surface area contributed by atoms with Crippen molar-refractivity contribution in [3.63, 3.8) is 0 Å². The molecule has 7 nitrogen and oxygen atoms in total. The maximum Gasteiger partial charge on any atom is 0.356 e. The van der Waals surface area contributed by atoms with E-state index in [0.29, 0.717) is 29.9 Å². The van der Waals surface area contributed by atoms with Gasteiger partial charge in [0.15, 0.2) is 5.69 Å². The fourth-order valence-corrected chi connectivity index (χ4v) is 3.44. The number of piperazine rings is 1. The standard InChI is InChI=1S/C19H22N4O3S/c1-27-10-9-22-5-7-23(8-6-22)18(24)15-4-2-3-14(11-15)16-12-20-13-17(21-16)19(25)26/h2-4,11-13H,5-10H2,1H3,(H,25,26). The number of amides is 1. The summed E-state index contributed by atoms with van der Waals surface area (Å²) >= 11 is 1.83. The highest BCUT2D eigenvalue weighted by molar-refractivity contribution is 7.98. The number of thioether (sulfide) groups is 1. The van der Waals surface area contributed by atoms with Crippen molar-refractivity contribution in [2.24, 2.45) is 0 Å². The first-order valence-corrected chi connectivity index (χ1v) is 10.1. The highest BCUT2D eigenvalue weighted by Gasteiger charge is 2.22. The first-order valence-electron chi connectivity index (χ1n) is 8.75. The van der Waals surface area contributed by atoms with Crippen LogP contribution in [0.3, 0.4) is 0 Å². The number of carbonyl (C=O) groups is 2. The molecule has 0 aliphatic carbocycles. The van der Waals surface area contributed by atoms with Crippen LogP contribution in [0.25, 0.3) is 11.3 Å². The van der Waals surface area contributed by atoms with E-state index in [0.717, 1.165) is 25.4 Å². The average Bonchev–Trinajstić information content (AvgIpc) is 2.72. The van der Waals surface area contributed by atoms with Crippen LogP contribution in [-0.4, -0.2) is 81.5 Å². The van der Waals surface area contributed by atoms with Crippen molar-refractivity contribution in [3.05, 3.63) is 47.9 Å². The summed E-state index contributed by atoms with van der Waals surface area (Å²) in [6.07, 6.45) is 4.81. The van der Waals surface area contributed by atoms with Crippen LogP contribution in [0.4, 0.5) is 0 Å². The molecule has 8 heteroatoms. The minimum absolute atomic E-state index is 0.0104. The Morgan fingerprint density at radius 2 is 1.96 bits per heavy atom. The van der Waals surface area contributed by atoms with Crippen LogP contribution in [0.1, 0.15) is 20.8 Å². The second-order valence-electron chi connectivity index (χ2n) is 6.30. The van der Waals surface area contributed by atoms with Crippen molar-refractivity contribution in [2.75, 3.05) is 44.7 Å². The first kappa shape index (κ1) is 19.3. The minimum atomic E-state index is -1.13. The molecule has 1 fully saturated rings. The molecular formula is C19H22N4O3S. The smallest absolute Gasteiger partial charge is 0.356 e. The molecule has 1 aliphatic rings. The molecule has 0 radical (unpaired) electrons. The van der Waals surface area contributed by atoms with E-state index in [1.807, 2.05) is 16.7 Å². The normalized spacial score (nSPS) is 14.9. The highest BCUT2D eigenvalue weighted by atomic mass is 32.2. The average molecular weight is 386 g/mol. The summed E-state index contributed by atoms with van der Waals surface area (Å²) in [6, 6.07) is 7.11. The van der Waals surface area contributed by atoms with E-state index in [2.05, 4.69) is 21.1 Å². The Morgan fingerprint density at radius 3 is 2.67 bits per heavy atom. The molecule has 1 aliphatic heterocycles. The Balaban J connectivity index is 1.71. The lowest BCUT2D eigenvalue weighted by Crippen LogP contribution is -2.49. The summed E-state index contributed by atoms with van der Waals surface area (Å²) in [7, 11) is 0. The van der Waals surface area contributed by atoms with Crippen molar-refractivity contribution >= 4 is 23.6 Å². The Bertz CT molecular complexity index is 822. The monoisotopic (exact) mass is 386 g/mol. The predicted molar refractivity (Wildman–Crippen MR) is 105 cm³/mol. The Labute approximate surface area is 162 Å². The van der Waals surface area contributed by atoms with E-state index in [9.17, 15) is 9.59 Å². The third-order valence-corrected chi connectivity index (χ3v) is 5.12. The molecule has 27 heavy (non-hydrogen) atoms. The fourth-order valence-electron chi connectivity index (χ4n) is 3.00. The molecular weight excluding hydrogens is 364 g/mol. The summed E-state index contributed by atoms with van der Waals surface area (Å²) in [5.41, 5.74) is 1.57. The van der Waals surface area contributed by atoms with Gasteiger partial charge in [-0.15, -0.1) is 0 Å². The molecule has 1 aromatic heterocycles. The SMILES string of the molecule is CSCCN1CCN(C(=O)c2cccc(-c3cncc(C(=O)O)n3)c2)CC1. The van der Waals surface area contributed by atoms with Crippen molar-refractivity contribution < 1.29 is 14.7 Å². The van der Waals surface area contributed by atoms with Crippen LogP contribution in [0.5, 0.6) is 0 Å². The van der Waals surface area contributed by atoms with Crippen LogP contribution in [-0.2, 0) is 0 Å². The number of rotatable bonds is 6. The van der Waals surface area contributed by atoms with Crippen LogP contribution < -0.4 is 0 Å². The van der Waals surface area contributed by atoms with E-state index >= 15 is 0 Å². The number of benzene rings is 1. The number of nitrogens with zero attached hydrogens (tertiary/aromatic N) is 4. The molecule has 0 saturated carbocycles. The quantitative estimate of drug-likeness (QED) is 0.812. The maximum atomic E-state index is 12.9. The first-order chi connectivity index (χ1) is 13.1. The summed E-state index contributed by atoms with van der Waals surface area (Å²) in [5.74, 6) is -0.0356. The number of carbonyl (C=O) groups excluding carboxylic acids is 1. The second-order valence-corrected chi connectivity index (χ2v) is 7.29. The van der Waals surface area contributed by atoms with Crippen molar-refractivity contribution in [1.82, 2.24) is 19.8 Å². The van der Waals surface area contributed by atoms with Crippen molar-refractivity contribution in [3.8, 4) is 11.3 Å². The molecule has 142 valence electrons. The summed E-state index contributed by atoms with van der Waals surface area (Å²) < 4.78 is 0. The van der Waals surface area contributed by atoms with Gasteiger partial charge in [-0.2, -0.15) is 11.8 Å². The summed E-state index contributed by atoms with van der Waals surface area (Å²) in [5, 5.41) is 9.08. The van der Waals surface area contributed by atoms with Crippen LogP contribution >= 0.6 is 11.8 Å². The molecule has 1 aromatic carbocycles. The van der Waals surface area contributed by atoms with Gasteiger partial charge in [0.1, 0.15) is 0 Å². The lowest BCUT2D eigenvalue weighted by molar-refractivity contribution is 0.0643. The summed E-state index contributed by atoms with van der Waals surface area (Å²) in [6.45, 7) is 4.25. The van der Waals surface area contributed by atoms with Gasteiger partial charge >= 0.3 is 5.97 Å². The Kier molecular flexibility index (Phi) is 6.41. The topological polar surface area (TPSA) is 86.6 Å². The predicted octanol–water partition coefficient (Wildman–Crippen LogP) is 1.96. The Hall–Kier alpha value is -2.45. The number of carboxylic acid groups (broad SMARTS) is 1. The molecule has 2 heterocycles. The highest BCUT2D eigenvalue weighted by Crippen LogP contribution is 2.19. The number of aromatic nitrogens is 2. The fraction of sp³-hybridized carbons (Fsp3) is 0.368. The van der Waals surface area contributed by atoms with Crippen molar-refractivity contribution in [1.29, 1.82) is 0 Å². The van der Waals surface area contributed by atoms with Gasteiger partial charge in [0, 0.05) is 49.6 Å². The van der Waals surface area contributed by atoms with Gasteiger partial charge in [0.05, 0.1) is 18.1 Å². The molecule has 1 amide bonds. The van der Waals surface area contributed by atoms with E-state index < -0.39 is 5.97 Å². The molecule has 0 bridgehead atoms. The van der Waals surface area contributed by atoms with E-state index in [1.165, 1.54) is 12.4 Å². The van der Waals surface area contributed by atoms with Crippen LogP contribution in [0.15, 0.2) is 36.7 Å². The van der Waals surface area contributed by atoms with Gasteiger partial charge < -0.3 is 10.0 Å². The lowest BCUT2D eigenvalue weighted by Gasteiger charge is -2.34. The number of hydrogen-bond acceptors (Lipinski definition) is 6. The van der Waals surface area contributed by atoms with E-state index in [4.69, 9.17) is 5.11 Å². The third-order valence-electron chi connectivity index (χ3n) is 4.53. The van der Waals surface area contributed by atoms with Gasteiger partial charge in [-0.05, 0) is 18.4 Å². The van der Waals surface area contributed by atoms with Crippen LogP contribution in [0.2, 0.25) is 0 Å². The zero-order valence-electron chi connectivity index (χ0n) is 15.2. The number of aromatic carboxylic acids is 1. The van der Waals surface area contributed by atoms with Gasteiger partial charge in [-0.1, -0.05) is 12.1 Å². The van der Waals surface area contributed by atoms with Gasteiger partial charge in [-0.3, -0.25) is 14.7 Å². The molecule has 0 spiro atoms. The molecule has 1 saturated heterocycles. The molecule has 2 aromatic rings. The van der Waals surface area contributed by atoms with Crippen LogP contribution in [0, 0.1) is 0 Å². The van der Waals surface area contributed by atoms with E-state index in [-0.39, 0.29) is 11.6 Å². The number of carboxylic acids is 1. The number of hydrogen-bond donors (Lipinski definition) is 1. The molecule has 0 unspecified atom stereocenters.